The van der Waals surface area contributed by atoms with Crippen molar-refractivity contribution in [2.75, 3.05) is 13.7 Å². The number of aromatic nitrogens is 1. The van der Waals surface area contributed by atoms with Crippen LogP contribution in [-0.2, 0) is 6.42 Å². The number of hydrogen-bond donors (Lipinski definition) is 1. The van der Waals surface area contributed by atoms with Crippen LogP contribution in [0, 0.1) is 13.8 Å². The highest BCUT2D eigenvalue weighted by molar-refractivity contribution is 7.12. The number of hydrogen-bond acceptors (Lipinski definition) is 4. The van der Waals surface area contributed by atoms with Gasteiger partial charge in [-0.05, 0) is 50.6 Å². The molecular formula is C14H18N2OS. The van der Waals surface area contributed by atoms with Gasteiger partial charge in [0.2, 0.25) is 0 Å². The summed E-state index contributed by atoms with van der Waals surface area (Å²) in [4.78, 5) is 5.88. The van der Waals surface area contributed by atoms with Crippen LogP contribution in [-0.4, -0.2) is 18.6 Å². The zero-order valence-electron chi connectivity index (χ0n) is 11.0. The summed E-state index contributed by atoms with van der Waals surface area (Å²) in [7, 11) is 1.69. The molecule has 1 aromatic carbocycles. The minimum atomic E-state index is 0.657. The van der Waals surface area contributed by atoms with Crippen molar-refractivity contribution >= 4 is 11.3 Å². The Bertz CT molecular complexity index is 549. The third-order valence-corrected chi connectivity index (χ3v) is 3.87. The van der Waals surface area contributed by atoms with E-state index in [0.29, 0.717) is 6.54 Å². The lowest BCUT2D eigenvalue weighted by atomic mass is 10.1. The molecule has 96 valence electrons. The van der Waals surface area contributed by atoms with Crippen LogP contribution in [0.25, 0.3) is 11.3 Å². The molecule has 2 rings (SSSR count). The number of methoxy groups -OCH3 is 1. The summed E-state index contributed by atoms with van der Waals surface area (Å²) >= 11 is 1.73. The molecule has 4 heteroatoms. The van der Waals surface area contributed by atoms with E-state index < -0.39 is 0 Å². The first-order valence-corrected chi connectivity index (χ1v) is 6.78. The van der Waals surface area contributed by atoms with E-state index in [-0.39, 0.29) is 0 Å². The van der Waals surface area contributed by atoms with Gasteiger partial charge >= 0.3 is 0 Å². The first-order valence-electron chi connectivity index (χ1n) is 5.97. The predicted octanol–water partition coefficient (Wildman–Crippen LogP) is 2.94. The lowest BCUT2D eigenvalue weighted by Gasteiger charge is -2.07. The van der Waals surface area contributed by atoms with Crippen molar-refractivity contribution in [2.45, 2.75) is 20.3 Å². The number of ether oxygens (including phenoxy) is 1. The number of nitrogens with two attached hydrogens (primary N) is 1. The van der Waals surface area contributed by atoms with Crippen molar-refractivity contribution in [1.29, 1.82) is 0 Å². The molecule has 1 aromatic heterocycles. The summed E-state index contributed by atoms with van der Waals surface area (Å²) in [6, 6.07) is 6.17. The zero-order valence-corrected chi connectivity index (χ0v) is 11.8. The lowest BCUT2D eigenvalue weighted by molar-refractivity contribution is 0.412. The van der Waals surface area contributed by atoms with Gasteiger partial charge in [-0.3, -0.25) is 0 Å². The average Bonchev–Trinajstić information content (AvgIpc) is 2.71. The van der Waals surface area contributed by atoms with Crippen molar-refractivity contribution in [1.82, 2.24) is 4.98 Å². The highest BCUT2D eigenvalue weighted by Crippen LogP contribution is 2.31. The second kappa shape index (κ2) is 5.50. The van der Waals surface area contributed by atoms with Crippen molar-refractivity contribution < 1.29 is 4.74 Å². The molecule has 0 fully saturated rings. The molecule has 0 spiro atoms. The number of benzene rings is 1. The van der Waals surface area contributed by atoms with Gasteiger partial charge in [0.05, 0.1) is 17.8 Å². The SMILES string of the molecule is COc1ccc(-c2nc(C)sc2CCN)cc1C. The number of thiazole rings is 1. The maximum Gasteiger partial charge on any atom is 0.121 e. The second-order valence-corrected chi connectivity index (χ2v) is 5.52. The number of aryl methyl sites for hydroxylation is 2. The maximum absolute atomic E-state index is 5.65. The summed E-state index contributed by atoms with van der Waals surface area (Å²) < 4.78 is 5.28. The predicted molar refractivity (Wildman–Crippen MR) is 76.3 cm³/mol. The van der Waals surface area contributed by atoms with Gasteiger partial charge in [-0.1, -0.05) is 0 Å². The molecule has 0 aliphatic heterocycles. The van der Waals surface area contributed by atoms with Gasteiger partial charge < -0.3 is 10.5 Å². The highest BCUT2D eigenvalue weighted by Gasteiger charge is 2.11. The Hall–Kier alpha value is -1.39. The topological polar surface area (TPSA) is 48.1 Å². The van der Waals surface area contributed by atoms with E-state index in [4.69, 9.17) is 10.5 Å². The molecular weight excluding hydrogens is 244 g/mol. The first kappa shape index (κ1) is 13.1. The van der Waals surface area contributed by atoms with E-state index >= 15 is 0 Å². The van der Waals surface area contributed by atoms with Crippen LogP contribution >= 0.6 is 11.3 Å². The molecule has 0 aliphatic rings. The quantitative estimate of drug-likeness (QED) is 0.921. The van der Waals surface area contributed by atoms with Crippen LogP contribution in [0.15, 0.2) is 18.2 Å². The number of nitrogens with zero attached hydrogens (tertiary/aromatic N) is 1. The molecule has 2 N–H and O–H groups in total. The molecule has 0 saturated heterocycles. The molecule has 1 heterocycles. The second-order valence-electron chi connectivity index (χ2n) is 4.23. The molecule has 0 radical (unpaired) electrons. The molecule has 0 saturated carbocycles. The van der Waals surface area contributed by atoms with Crippen LogP contribution < -0.4 is 10.5 Å². The molecule has 0 bridgehead atoms. The van der Waals surface area contributed by atoms with Crippen LogP contribution in [0.1, 0.15) is 15.4 Å². The summed E-state index contributed by atoms with van der Waals surface area (Å²) in [5.41, 5.74) is 8.98. The van der Waals surface area contributed by atoms with Gasteiger partial charge in [-0.25, -0.2) is 4.98 Å². The van der Waals surface area contributed by atoms with Crippen molar-refractivity contribution in [2.24, 2.45) is 5.73 Å². The third-order valence-electron chi connectivity index (χ3n) is 2.84. The van der Waals surface area contributed by atoms with Crippen LogP contribution in [0.5, 0.6) is 5.75 Å². The Morgan fingerprint density at radius 2 is 2.11 bits per heavy atom. The van der Waals surface area contributed by atoms with Gasteiger partial charge in [0.15, 0.2) is 0 Å². The Balaban J connectivity index is 2.44. The standard InChI is InChI=1S/C14H18N2OS/c1-9-8-11(4-5-12(9)17-3)14-13(6-7-15)18-10(2)16-14/h4-5,8H,6-7,15H2,1-3H3. The largest absolute Gasteiger partial charge is 0.496 e. The zero-order chi connectivity index (χ0) is 13.1. The summed E-state index contributed by atoms with van der Waals surface area (Å²) in [6.07, 6.45) is 0.881. The van der Waals surface area contributed by atoms with E-state index in [1.54, 1.807) is 18.4 Å². The fourth-order valence-electron chi connectivity index (χ4n) is 2.02. The Morgan fingerprint density at radius 3 is 2.72 bits per heavy atom. The third kappa shape index (κ3) is 2.54. The summed E-state index contributed by atoms with van der Waals surface area (Å²) in [5.74, 6) is 0.908. The maximum atomic E-state index is 5.65. The fourth-order valence-corrected chi connectivity index (χ4v) is 2.99. The summed E-state index contributed by atoms with van der Waals surface area (Å²) in [6.45, 7) is 4.73. The van der Waals surface area contributed by atoms with E-state index in [2.05, 4.69) is 17.1 Å². The minimum absolute atomic E-state index is 0.657. The monoisotopic (exact) mass is 262 g/mol. The Morgan fingerprint density at radius 1 is 1.33 bits per heavy atom. The van der Waals surface area contributed by atoms with Crippen LogP contribution in [0.4, 0.5) is 0 Å². The van der Waals surface area contributed by atoms with Crippen molar-refractivity contribution in [3.05, 3.63) is 33.6 Å². The van der Waals surface area contributed by atoms with Gasteiger partial charge in [-0.15, -0.1) is 11.3 Å². The van der Waals surface area contributed by atoms with Gasteiger partial charge in [0, 0.05) is 10.4 Å². The van der Waals surface area contributed by atoms with Gasteiger partial charge in [-0.2, -0.15) is 0 Å². The molecule has 0 aliphatic carbocycles. The average molecular weight is 262 g/mol. The van der Waals surface area contributed by atoms with E-state index in [1.165, 1.54) is 4.88 Å². The molecule has 3 nitrogen and oxygen atoms in total. The van der Waals surface area contributed by atoms with Gasteiger partial charge in [0.1, 0.15) is 5.75 Å². The lowest BCUT2D eigenvalue weighted by Crippen LogP contribution is -2.02. The molecule has 18 heavy (non-hydrogen) atoms. The number of rotatable bonds is 4. The normalized spacial score (nSPS) is 10.7. The molecule has 0 atom stereocenters. The van der Waals surface area contributed by atoms with E-state index in [0.717, 1.165) is 34.0 Å². The molecule has 2 aromatic rings. The van der Waals surface area contributed by atoms with E-state index in [1.807, 2.05) is 19.9 Å². The first-order chi connectivity index (χ1) is 8.65. The van der Waals surface area contributed by atoms with Crippen molar-refractivity contribution in [3.8, 4) is 17.0 Å². The van der Waals surface area contributed by atoms with Crippen LogP contribution in [0.2, 0.25) is 0 Å². The smallest absolute Gasteiger partial charge is 0.121 e. The fraction of sp³-hybridized carbons (Fsp3) is 0.357. The minimum Gasteiger partial charge on any atom is -0.496 e. The molecule has 0 amide bonds. The highest BCUT2D eigenvalue weighted by atomic mass is 32.1. The summed E-state index contributed by atoms with van der Waals surface area (Å²) in [5, 5.41) is 1.09. The van der Waals surface area contributed by atoms with Crippen molar-refractivity contribution in [3.63, 3.8) is 0 Å². The van der Waals surface area contributed by atoms with E-state index in [9.17, 15) is 0 Å². The Kier molecular flexibility index (Phi) is 3.99. The van der Waals surface area contributed by atoms with Gasteiger partial charge in [0.25, 0.3) is 0 Å². The Labute approximate surface area is 112 Å². The molecule has 0 unspecified atom stereocenters. The van der Waals surface area contributed by atoms with Crippen LogP contribution in [0.3, 0.4) is 0 Å².